The average molecular weight is 243 g/mol. The molecule has 90 valence electrons. The number of rotatable bonds is 2. The first kappa shape index (κ1) is 10.6. The van der Waals surface area contributed by atoms with Gasteiger partial charge in [0, 0.05) is 6.42 Å². The molecule has 0 saturated carbocycles. The van der Waals surface area contributed by atoms with Crippen molar-refractivity contribution in [1.29, 1.82) is 0 Å². The second-order valence-electron chi connectivity index (χ2n) is 3.94. The summed E-state index contributed by atoms with van der Waals surface area (Å²) in [6, 6.07) is 6.29. The summed E-state index contributed by atoms with van der Waals surface area (Å²) in [6.45, 7) is 0. The van der Waals surface area contributed by atoms with Crippen molar-refractivity contribution in [2.24, 2.45) is 0 Å². The first-order valence-electron chi connectivity index (χ1n) is 5.42. The van der Waals surface area contributed by atoms with E-state index in [1.165, 1.54) is 18.5 Å². The first-order chi connectivity index (χ1) is 8.72. The molecule has 1 aromatic carbocycles. The van der Waals surface area contributed by atoms with E-state index in [-0.39, 0.29) is 5.82 Å². The molecular formula is C12H10FN5. The van der Waals surface area contributed by atoms with E-state index in [2.05, 4.69) is 19.9 Å². The van der Waals surface area contributed by atoms with Crippen LogP contribution in [0.4, 0.5) is 10.2 Å². The van der Waals surface area contributed by atoms with Crippen molar-refractivity contribution in [2.45, 2.75) is 6.42 Å². The van der Waals surface area contributed by atoms with Gasteiger partial charge in [-0.25, -0.2) is 19.3 Å². The van der Waals surface area contributed by atoms with Gasteiger partial charge in [-0.1, -0.05) is 12.1 Å². The molecule has 3 N–H and O–H groups in total. The van der Waals surface area contributed by atoms with E-state index in [4.69, 9.17) is 5.73 Å². The minimum Gasteiger partial charge on any atom is -0.382 e. The Balaban J connectivity index is 1.95. The number of nitrogens with two attached hydrogens (primary N) is 1. The summed E-state index contributed by atoms with van der Waals surface area (Å²) in [5.41, 5.74) is 7.85. The van der Waals surface area contributed by atoms with E-state index in [1.807, 2.05) is 0 Å². The summed E-state index contributed by atoms with van der Waals surface area (Å²) in [4.78, 5) is 15.3. The molecule has 0 aliphatic heterocycles. The molecule has 0 fully saturated rings. The third-order valence-corrected chi connectivity index (χ3v) is 2.65. The Hall–Kier alpha value is -2.50. The van der Waals surface area contributed by atoms with Crippen LogP contribution in [-0.4, -0.2) is 19.9 Å². The maximum Gasteiger partial charge on any atom is 0.183 e. The van der Waals surface area contributed by atoms with E-state index < -0.39 is 0 Å². The Kier molecular flexibility index (Phi) is 2.40. The number of aromatic amines is 1. The van der Waals surface area contributed by atoms with E-state index in [0.29, 0.717) is 23.4 Å². The maximum absolute atomic E-state index is 12.8. The fourth-order valence-electron chi connectivity index (χ4n) is 1.77. The molecule has 5 nitrogen and oxygen atoms in total. The lowest BCUT2D eigenvalue weighted by molar-refractivity contribution is 0.627. The minimum atomic E-state index is -0.251. The van der Waals surface area contributed by atoms with Gasteiger partial charge >= 0.3 is 0 Å². The fraction of sp³-hybridized carbons (Fsp3) is 0.0833. The number of hydrogen-bond acceptors (Lipinski definition) is 4. The molecule has 0 spiro atoms. The van der Waals surface area contributed by atoms with E-state index in [9.17, 15) is 4.39 Å². The molecule has 0 atom stereocenters. The number of imidazole rings is 1. The third kappa shape index (κ3) is 1.88. The standard InChI is InChI=1S/C12H10FN5/c13-8-3-1-7(2-4-8)5-9-17-10-11(14)15-6-16-12(10)18-9/h1-4,6H,5H2,(H3,14,15,16,17,18). The molecular weight excluding hydrogens is 233 g/mol. The van der Waals surface area contributed by atoms with E-state index >= 15 is 0 Å². The van der Waals surface area contributed by atoms with Crippen molar-refractivity contribution in [3.63, 3.8) is 0 Å². The molecule has 0 amide bonds. The quantitative estimate of drug-likeness (QED) is 0.717. The summed E-state index contributed by atoms with van der Waals surface area (Å²) < 4.78 is 12.8. The predicted molar refractivity (Wildman–Crippen MR) is 65.3 cm³/mol. The van der Waals surface area contributed by atoms with Crippen LogP contribution in [0.15, 0.2) is 30.6 Å². The minimum absolute atomic E-state index is 0.251. The molecule has 0 aliphatic rings. The molecule has 0 radical (unpaired) electrons. The molecule has 0 unspecified atom stereocenters. The van der Waals surface area contributed by atoms with Gasteiger partial charge in [0.05, 0.1) is 0 Å². The Morgan fingerprint density at radius 3 is 2.67 bits per heavy atom. The molecule has 0 aliphatic carbocycles. The smallest absolute Gasteiger partial charge is 0.183 e. The van der Waals surface area contributed by atoms with E-state index in [0.717, 1.165) is 11.4 Å². The summed E-state index contributed by atoms with van der Waals surface area (Å²) >= 11 is 0. The summed E-state index contributed by atoms with van der Waals surface area (Å²) in [7, 11) is 0. The second-order valence-corrected chi connectivity index (χ2v) is 3.94. The van der Waals surface area contributed by atoms with Gasteiger partial charge in [0.25, 0.3) is 0 Å². The van der Waals surface area contributed by atoms with Gasteiger partial charge in [0.15, 0.2) is 11.5 Å². The molecule has 0 bridgehead atoms. The molecule has 0 saturated heterocycles. The van der Waals surface area contributed by atoms with Crippen LogP contribution >= 0.6 is 0 Å². The van der Waals surface area contributed by atoms with Crippen LogP contribution in [0.5, 0.6) is 0 Å². The maximum atomic E-state index is 12.8. The molecule has 18 heavy (non-hydrogen) atoms. The normalized spacial score (nSPS) is 10.9. The monoisotopic (exact) mass is 243 g/mol. The number of nitrogens with zero attached hydrogens (tertiary/aromatic N) is 3. The van der Waals surface area contributed by atoms with Crippen LogP contribution in [0.3, 0.4) is 0 Å². The Morgan fingerprint density at radius 1 is 1.17 bits per heavy atom. The number of anilines is 1. The van der Waals surface area contributed by atoms with Gasteiger partial charge in [0.2, 0.25) is 0 Å². The Labute approximate surface area is 102 Å². The zero-order chi connectivity index (χ0) is 12.5. The largest absolute Gasteiger partial charge is 0.382 e. The van der Waals surface area contributed by atoms with Crippen molar-refractivity contribution >= 4 is 17.0 Å². The first-order valence-corrected chi connectivity index (χ1v) is 5.42. The lowest BCUT2D eigenvalue weighted by atomic mass is 10.1. The highest BCUT2D eigenvalue weighted by atomic mass is 19.1. The lowest BCUT2D eigenvalue weighted by Crippen LogP contribution is -1.92. The highest BCUT2D eigenvalue weighted by Crippen LogP contribution is 2.15. The Bertz CT molecular complexity index is 689. The number of H-pyrrole nitrogens is 1. The number of nitrogens with one attached hydrogen (secondary N) is 1. The van der Waals surface area contributed by atoms with Crippen LogP contribution in [0.1, 0.15) is 11.4 Å². The topological polar surface area (TPSA) is 80.5 Å². The van der Waals surface area contributed by atoms with Crippen LogP contribution in [0.2, 0.25) is 0 Å². The van der Waals surface area contributed by atoms with Crippen LogP contribution in [0.25, 0.3) is 11.2 Å². The van der Waals surface area contributed by atoms with Gasteiger partial charge in [0.1, 0.15) is 23.5 Å². The van der Waals surface area contributed by atoms with Gasteiger partial charge in [-0.3, -0.25) is 0 Å². The zero-order valence-corrected chi connectivity index (χ0v) is 9.39. The van der Waals surface area contributed by atoms with Crippen LogP contribution < -0.4 is 5.73 Å². The SMILES string of the molecule is Nc1ncnc2nc(Cc3ccc(F)cc3)[nH]c12. The molecule has 2 heterocycles. The number of aromatic nitrogens is 4. The lowest BCUT2D eigenvalue weighted by Gasteiger charge is -1.97. The van der Waals surface area contributed by atoms with Crippen molar-refractivity contribution in [3.8, 4) is 0 Å². The highest BCUT2D eigenvalue weighted by Gasteiger charge is 2.07. The van der Waals surface area contributed by atoms with Crippen molar-refractivity contribution in [2.75, 3.05) is 5.73 Å². The number of benzene rings is 1. The fourth-order valence-corrected chi connectivity index (χ4v) is 1.77. The summed E-state index contributed by atoms with van der Waals surface area (Å²) in [5.74, 6) is 0.847. The van der Waals surface area contributed by atoms with Gasteiger partial charge in [-0.05, 0) is 17.7 Å². The third-order valence-electron chi connectivity index (χ3n) is 2.65. The predicted octanol–water partition coefficient (Wildman–Crippen LogP) is 1.67. The summed E-state index contributed by atoms with van der Waals surface area (Å²) in [6.07, 6.45) is 1.94. The zero-order valence-electron chi connectivity index (χ0n) is 9.39. The Morgan fingerprint density at radius 2 is 1.94 bits per heavy atom. The highest BCUT2D eigenvalue weighted by molar-refractivity contribution is 5.81. The van der Waals surface area contributed by atoms with Gasteiger partial charge in [-0.15, -0.1) is 0 Å². The van der Waals surface area contributed by atoms with Gasteiger partial charge < -0.3 is 10.7 Å². The van der Waals surface area contributed by atoms with Crippen molar-refractivity contribution < 1.29 is 4.39 Å². The van der Waals surface area contributed by atoms with Gasteiger partial charge in [-0.2, -0.15) is 0 Å². The number of hydrogen-bond donors (Lipinski definition) is 2. The molecule has 6 heteroatoms. The van der Waals surface area contributed by atoms with Crippen LogP contribution in [0, 0.1) is 5.82 Å². The summed E-state index contributed by atoms with van der Waals surface area (Å²) in [5, 5.41) is 0. The number of nitrogen functional groups attached to an aromatic ring is 1. The van der Waals surface area contributed by atoms with Crippen molar-refractivity contribution in [3.05, 3.63) is 47.8 Å². The van der Waals surface area contributed by atoms with E-state index in [1.54, 1.807) is 12.1 Å². The molecule has 3 rings (SSSR count). The van der Waals surface area contributed by atoms with Crippen LogP contribution in [-0.2, 0) is 6.42 Å². The molecule has 3 aromatic rings. The average Bonchev–Trinajstić information content (AvgIpc) is 2.76. The van der Waals surface area contributed by atoms with Crippen molar-refractivity contribution in [1.82, 2.24) is 19.9 Å². The number of fused-ring (bicyclic) bond motifs is 1. The number of halogens is 1. The second kappa shape index (κ2) is 4.06. The molecule has 2 aromatic heterocycles.